The predicted molar refractivity (Wildman–Crippen MR) is 161 cm³/mol. The number of nitrogens with zero attached hydrogens (tertiary/aromatic N) is 8. The van der Waals surface area contributed by atoms with Crippen molar-refractivity contribution in [2.75, 3.05) is 0 Å². The fourth-order valence-corrected chi connectivity index (χ4v) is 4.45. The molecule has 0 aliphatic carbocycles. The van der Waals surface area contributed by atoms with Gasteiger partial charge in [0.05, 0.1) is 0 Å². The molecule has 0 atom stereocenters. The molecule has 0 fully saturated rings. The lowest BCUT2D eigenvalue weighted by Gasteiger charge is -2.09. The third kappa shape index (κ3) is 5.24. The maximum Gasteiger partial charge on any atom is 0.182 e. The fourth-order valence-electron chi connectivity index (χ4n) is 4.45. The highest BCUT2D eigenvalue weighted by Crippen LogP contribution is 2.27. The topological polar surface area (TPSA) is 103 Å². The maximum absolute atomic E-state index is 4.80. The van der Waals surface area contributed by atoms with Gasteiger partial charge >= 0.3 is 0 Å². The average molecular weight is 543 g/mol. The van der Waals surface area contributed by atoms with Gasteiger partial charge in [0, 0.05) is 22.3 Å². The quantitative estimate of drug-likeness (QED) is 0.225. The fraction of sp³-hybridized carbons (Fsp3) is 0. The van der Waals surface area contributed by atoms with Gasteiger partial charge in [-0.1, -0.05) is 121 Å². The first-order valence-corrected chi connectivity index (χ1v) is 13.4. The third-order valence-corrected chi connectivity index (χ3v) is 6.52. The van der Waals surface area contributed by atoms with Gasteiger partial charge in [-0.25, -0.2) is 39.9 Å². The van der Waals surface area contributed by atoms with E-state index in [-0.39, 0.29) is 0 Å². The van der Waals surface area contributed by atoms with Crippen molar-refractivity contribution in [1.29, 1.82) is 0 Å². The number of rotatable bonds is 6. The third-order valence-electron chi connectivity index (χ3n) is 6.52. The highest BCUT2D eigenvalue weighted by molar-refractivity contribution is 5.69. The Bertz CT molecular complexity index is 1710. The van der Waals surface area contributed by atoms with Gasteiger partial charge in [-0.3, -0.25) is 0 Å². The molecule has 8 heteroatoms. The first-order valence-electron chi connectivity index (χ1n) is 13.4. The molecule has 7 aromatic rings. The molecule has 42 heavy (non-hydrogen) atoms. The Morgan fingerprint density at radius 3 is 0.833 bits per heavy atom. The molecule has 8 nitrogen and oxygen atoms in total. The van der Waals surface area contributed by atoms with E-state index in [9.17, 15) is 0 Å². The van der Waals surface area contributed by atoms with Crippen molar-refractivity contribution in [3.05, 3.63) is 134 Å². The van der Waals surface area contributed by atoms with Crippen LogP contribution in [-0.2, 0) is 0 Å². The van der Waals surface area contributed by atoms with Crippen molar-refractivity contribution in [1.82, 2.24) is 39.9 Å². The van der Waals surface area contributed by atoms with E-state index in [4.69, 9.17) is 29.9 Å². The summed E-state index contributed by atoms with van der Waals surface area (Å²) in [6, 6.07) is 41.1. The molecule has 7 rings (SSSR count). The number of hydrogen-bond donors (Lipinski definition) is 0. The molecule has 0 aliphatic heterocycles. The molecule has 3 aromatic heterocycles. The van der Waals surface area contributed by atoms with Crippen LogP contribution >= 0.6 is 0 Å². The Balaban J connectivity index is 1.37. The normalized spacial score (nSPS) is 10.9. The van der Waals surface area contributed by atoms with Crippen LogP contribution in [0.4, 0.5) is 0 Å². The van der Waals surface area contributed by atoms with E-state index in [0.717, 1.165) is 22.3 Å². The zero-order valence-electron chi connectivity index (χ0n) is 22.3. The van der Waals surface area contributed by atoms with Crippen LogP contribution in [0.25, 0.3) is 68.6 Å². The summed E-state index contributed by atoms with van der Waals surface area (Å²) in [5.41, 5.74) is 4.57. The summed E-state index contributed by atoms with van der Waals surface area (Å²) in [4.78, 5) is 37.8. The second kappa shape index (κ2) is 11.2. The van der Waals surface area contributed by atoms with Crippen LogP contribution in [0.5, 0.6) is 0 Å². The second-order valence-electron chi connectivity index (χ2n) is 9.37. The summed E-state index contributed by atoms with van der Waals surface area (Å²) in [5, 5.41) is 0. The predicted octanol–water partition coefficient (Wildman–Crippen LogP) is 6.85. The van der Waals surface area contributed by atoms with Crippen molar-refractivity contribution in [2.24, 2.45) is 0 Å². The van der Waals surface area contributed by atoms with Crippen LogP contribution in [0, 0.1) is 0 Å². The van der Waals surface area contributed by atoms with Gasteiger partial charge in [-0.15, -0.1) is 0 Å². The molecule has 0 amide bonds. The molecule has 0 N–H and O–H groups in total. The summed E-state index contributed by atoms with van der Waals surface area (Å²) >= 11 is 0. The minimum absolute atomic E-state index is 0.423. The molecule has 0 saturated heterocycles. The lowest BCUT2D eigenvalue weighted by atomic mass is 10.1. The summed E-state index contributed by atoms with van der Waals surface area (Å²) < 4.78 is 0. The van der Waals surface area contributed by atoms with Crippen molar-refractivity contribution < 1.29 is 0 Å². The molecule has 0 unspecified atom stereocenters. The van der Waals surface area contributed by atoms with Gasteiger partial charge in [0.1, 0.15) is 17.7 Å². The SMILES string of the molecule is c1ccc(-c2nc(-c3ccccc3)nc(-c3cc(-c4nc(-c5ccccc5)nc(-c5ccccc5)n4)ncn3)n2)cc1. The minimum atomic E-state index is 0.423. The molecule has 4 aromatic carbocycles. The van der Waals surface area contributed by atoms with Gasteiger partial charge in [0.2, 0.25) is 0 Å². The molecular weight excluding hydrogens is 520 g/mol. The van der Waals surface area contributed by atoms with Crippen LogP contribution < -0.4 is 0 Å². The molecule has 0 radical (unpaired) electrons. The Morgan fingerprint density at radius 1 is 0.286 bits per heavy atom. The van der Waals surface area contributed by atoms with E-state index in [1.54, 1.807) is 6.07 Å². The Hall–Kier alpha value is -6.02. The number of benzene rings is 4. The zero-order chi connectivity index (χ0) is 28.1. The van der Waals surface area contributed by atoms with E-state index >= 15 is 0 Å². The zero-order valence-corrected chi connectivity index (χ0v) is 22.3. The van der Waals surface area contributed by atoms with Crippen LogP contribution in [-0.4, -0.2) is 39.9 Å². The summed E-state index contributed by atoms with van der Waals surface area (Å²) in [6.07, 6.45) is 1.48. The molecule has 0 spiro atoms. The molecular formula is C34H22N8. The van der Waals surface area contributed by atoms with Gasteiger partial charge in [0.15, 0.2) is 34.9 Å². The van der Waals surface area contributed by atoms with Crippen molar-refractivity contribution in [2.45, 2.75) is 0 Å². The van der Waals surface area contributed by atoms with Crippen LogP contribution in [0.3, 0.4) is 0 Å². The van der Waals surface area contributed by atoms with E-state index in [0.29, 0.717) is 46.3 Å². The van der Waals surface area contributed by atoms with Crippen LogP contribution in [0.1, 0.15) is 0 Å². The largest absolute Gasteiger partial charge is 0.233 e. The monoisotopic (exact) mass is 542 g/mol. The van der Waals surface area contributed by atoms with Gasteiger partial charge in [-0.2, -0.15) is 0 Å². The van der Waals surface area contributed by atoms with Crippen molar-refractivity contribution >= 4 is 0 Å². The highest BCUT2D eigenvalue weighted by Gasteiger charge is 2.17. The minimum Gasteiger partial charge on any atom is -0.233 e. The molecule has 0 saturated carbocycles. The van der Waals surface area contributed by atoms with E-state index in [1.165, 1.54) is 6.33 Å². The Labute approximate surface area is 242 Å². The standard InChI is InChI=1S/C34H22N8/c1-5-13-23(14-6-1)29-37-30(24-15-7-2-8-16-24)40-33(39-29)27-21-28(36-22-35-27)34-41-31(25-17-9-3-10-18-25)38-32(42-34)26-19-11-4-12-20-26/h1-22H. The summed E-state index contributed by atoms with van der Waals surface area (Å²) in [7, 11) is 0. The molecule has 3 heterocycles. The smallest absolute Gasteiger partial charge is 0.182 e. The van der Waals surface area contributed by atoms with Crippen LogP contribution in [0.15, 0.2) is 134 Å². The Morgan fingerprint density at radius 2 is 0.548 bits per heavy atom. The first-order chi connectivity index (χ1) is 20.8. The van der Waals surface area contributed by atoms with E-state index in [2.05, 4.69) is 9.97 Å². The van der Waals surface area contributed by atoms with Gasteiger partial charge in [0.25, 0.3) is 0 Å². The van der Waals surface area contributed by atoms with E-state index in [1.807, 2.05) is 121 Å². The summed E-state index contributed by atoms with van der Waals surface area (Å²) in [6.45, 7) is 0. The van der Waals surface area contributed by atoms with E-state index < -0.39 is 0 Å². The van der Waals surface area contributed by atoms with Gasteiger partial charge < -0.3 is 0 Å². The van der Waals surface area contributed by atoms with Gasteiger partial charge in [-0.05, 0) is 6.07 Å². The van der Waals surface area contributed by atoms with Crippen molar-refractivity contribution in [3.63, 3.8) is 0 Å². The number of aromatic nitrogens is 8. The summed E-state index contributed by atoms with van der Waals surface area (Å²) in [5.74, 6) is 3.06. The maximum atomic E-state index is 4.80. The molecule has 0 aliphatic rings. The Kier molecular flexibility index (Phi) is 6.68. The highest BCUT2D eigenvalue weighted by atomic mass is 15.1. The molecule has 198 valence electrons. The first kappa shape index (κ1) is 25.0. The lowest BCUT2D eigenvalue weighted by molar-refractivity contribution is 1.03. The average Bonchev–Trinajstić information content (AvgIpc) is 3.09. The lowest BCUT2D eigenvalue weighted by Crippen LogP contribution is -2.03. The van der Waals surface area contributed by atoms with Crippen molar-refractivity contribution in [3.8, 4) is 68.6 Å². The second-order valence-corrected chi connectivity index (χ2v) is 9.37. The van der Waals surface area contributed by atoms with Crippen LogP contribution in [0.2, 0.25) is 0 Å². The molecule has 0 bridgehead atoms. The number of hydrogen-bond acceptors (Lipinski definition) is 8.